The van der Waals surface area contributed by atoms with Crippen LogP contribution < -0.4 is 0 Å². The minimum Gasteiger partial charge on any atom is -0.287 e. The monoisotopic (exact) mass is 230 g/mol. The fourth-order valence-electron chi connectivity index (χ4n) is 2.53. The Kier molecular flexibility index (Phi) is 2.66. The van der Waals surface area contributed by atoms with Crippen LogP contribution in [-0.2, 0) is 5.54 Å². The van der Waals surface area contributed by atoms with Crippen molar-refractivity contribution < 1.29 is 0 Å². The lowest BCUT2D eigenvalue weighted by atomic mass is 9.87. The van der Waals surface area contributed by atoms with Crippen molar-refractivity contribution >= 4 is 11.4 Å². The molecular weight excluding hydrogens is 208 g/mol. The number of benzene rings is 1. The molecule has 0 fully saturated rings. The standard InChI is InChI=1S/C15H22N2/c1-11-14(2,3)17(6)15(4,5)12-9-7-8-10-13(12)16-11/h7-10H,1-6H3. The van der Waals surface area contributed by atoms with Gasteiger partial charge in [0.05, 0.1) is 11.2 Å². The van der Waals surface area contributed by atoms with Crippen molar-refractivity contribution in [3.63, 3.8) is 0 Å². The van der Waals surface area contributed by atoms with Gasteiger partial charge in [-0.1, -0.05) is 18.2 Å². The predicted molar refractivity (Wildman–Crippen MR) is 74.1 cm³/mol. The smallest absolute Gasteiger partial charge is 0.0680 e. The molecule has 2 nitrogen and oxygen atoms in total. The molecule has 1 aliphatic rings. The molecule has 0 N–H and O–H groups in total. The maximum atomic E-state index is 4.81. The molecule has 1 aliphatic heterocycles. The zero-order chi connectivity index (χ0) is 12.8. The van der Waals surface area contributed by atoms with Crippen molar-refractivity contribution in [2.45, 2.75) is 45.7 Å². The summed E-state index contributed by atoms with van der Waals surface area (Å²) in [7, 11) is 2.18. The third-order valence-electron chi connectivity index (χ3n) is 4.41. The van der Waals surface area contributed by atoms with Gasteiger partial charge in [0.15, 0.2) is 0 Å². The molecule has 1 aromatic carbocycles. The van der Waals surface area contributed by atoms with Crippen LogP contribution in [0.1, 0.15) is 40.2 Å². The zero-order valence-corrected chi connectivity index (χ0v) is 11.7. The number of hydrogen-bond acceptors (Lipinski definition) is 2. The molecule has 2 heteroatoms. The molecule has 2 rings (SSSR count). The van der Waals surface area contributed by atoms with E-state index < -0.39 is 0 Å². The minimum absolute atomic E-state index is 0.0125. The first kappa shape index (κ1) is 12.3. The van der Waals surface area contributed by atoms with Gasteiger partial charge < -0.3 is 0 Å². The summed E-state index contributed by atoms with van der Waals surface area (Å²) in [5, 5.41) is 0. The number of rotatable bonds is 0. The van der Waals surface area contributed by atoms with Crippen LogP contribution in [0.5, 0.6) is 0 Å². The van der Waals surface area contributed by atoms with Crippen molar-refractivity contribution in [1.82, 2.24) is 4.90 Å². The van der Waals surface area contributed by atoms with Gasteiger partial charge in [0.2, 0.25) is 0 Å². The number of para-hydroxylation sites is 1. The van der Waals surface area contributed by atoms with Crippen LogP contribution in [0.2, 0.25) is 0 Å². The Balaban J connectivity index is 2.72. The Morgan fingerprint density at radius 1 is 1.00 bits per heavy atom. The van der Waals surface area contributed by atoms with E-state index in [1.807, 2.05) is 0 Å². The first-order chi connectivity index (χ1) is 7.78. The second-order valence-corrected chi connectivity index (χ2v) is 5.89. The van der Waals surface area contributed by atoms with Gasteiger partial charge in [0.25, 0.3) is 0 Å². The van der Waals surface area contributed by atoms with Crippen LogP contribution in [0.15, 0.2) is 29.3 Å². The van der Waals surface area contributed by atoms with Crippen LogP contribution in [0, 0.1) is 0 Å². The summed E-state index contributed by atoms with van der Waals surface area (Å²) in [5.74, 6) is 0. The summed E-state index contributed by atoms with van der Waals surface area (Å²) in [6.45, 7) is 11.1. The van der Waals surface area contributed by atoms with E-state index >= 15 is 0 Å². The van der Waals surface area contributed by atoms with E-state index in [1.165, 1.54) is 5.56 Å². The molecule has 0 atom stereocenters. The zero-order valence-electron chi connectivity index (χ0n) is 11.7. The van der Waals surface area contributed by atoms with Crippen LogP contribution in [0.4, 0.5) is 5.69 Å². The van der Waals surface area contributed by atoms with Gasteiger partial charge in [-0.3, -0.25) is 9.89 Å². The first-order valence-electron chi connectivity index (χ1n) is 6.17. The Bertz CT molecular complexity index is 470. The number of nitrogens with zero attached hydrogens (tertiary/aromatic N) is 2. The molecular formula is C15H22N2. The van der Waals surface area contributed by atoms with Crippen LogP contribution in [0.25, 0.3) is 0 Å². The summed E-state index contributed by atoms with van der Waals surface area (Å²) in [5.41, 5.74) is 3.53. The molecule has 0 aromatic heterocycles. The molecule has 0 radical (unpaired) electrons. The van der Waals surface area contributed by atoms with Crippen molar-refractivity contribution in [1.29, 1.82) is 0 Å². The maximum Gasteiger partial charge on any atom is 0.0680 e. The lowest BCUT2D eigenvalue weighted by Crippen LogP contribution is -2.54. The summed E-state index contributed by atoms with van der Waals surface area (Å²) in [6.07, 6.45) is 0. The van der Waals surface area contributed by atoms with E-state index in [-0.39, 0.29) is 11.1 Å². The summed E-state index contributed by atoms with van der Waals surface area (Å²) in [6, 6.07) is 8.45. The normalized spacial score (nSPS) is 22.6. The summed E-state index contributed by atoms with van der Waals surface area (Å²) >= 11 is 0. The highest BCUT2D eigenvalue weighted by atomic mass is 15.2. The lowest BCUT2D eigenvalue weighted by molar-refractivity contribution is 0.0872. The number of fused-ring (bicyclic) bond motifs is 1. The Hall–Kier alpha value is -1.15. The Morgan fingerprint density at radius 2 is 1.59 bits per heavy atom. The van der Waals surface area contributed by atoms with E-state index in [1.54, 1.807) is 0 Å². The Morgan fingerprint density at radius 3 is 2.24 bits per heavy atom. The van der Waals surface area contributed by atoms with Crippen LogP contribution in [0.3, 0.4) is 0 Å². The highest BCUT2D eigenvalue weighted by Crippen LogP contribution is 2.41. The molecule has 0 unspecified atom stereocenters. The summed E-state index contributed by atoms with van der Waals surface area (Å²) < 4.78 is 0. The maximum absolute atomic E-state index is 4.81. The molecule has 0 aliphatic carbocycles. The molecule has 1 heterocycles. The van der Waals surface area contributed by atoms with Gasteiger partial charge in [0, 0.05) is 11.3 Å². The van der Waals surface area contributed by atoms with Crippen molar-refractivity contribution in [2.24, 2.45) is 4.99 Å². The van der Waals surface area contributed by atoms with Crippen molar-refractivity contribution in [3.8, 4) is 0 Å². The Labute approximate surface area is 104 Å². The molecule has 92 valence electrons. The van der Waals surface area contributed by atoms with Crippen molar-refractivity contribution in [3.05, 3.63) is 29.8 Å². The average Bonchev–Trinajstić information content (AvgIpc) is 2.31. The largest absolute Gasteiger partial charge is 0.287 e. The fourth-order valence-corrected chi connectivity index (χ4v) is 2.53. The molecule has 0 saturated heterocycles. The minimum atomic E-state index is -0.0253. The van der Waals surface area contributed by atoms with Crippen molar-refractivity contribution in [2.75, 3.05) is 7.05 Å². The predicted octanol–water partition coefficient (Wildman–Crippen LogP) is 3.74. The van der Waals surface area contributed by atoms with Crippen LogP contribution in [-0.4, -0.2) is 23.2 Å². The third kappa shape index (κ3) is 1.71. The second kappa shape index (κ2) is 3.67. The highest BCUT2D eigenvalue weighted by molar-refractivity contribution is 5.93. The molecule has 0 amide bonds. The van der Waals surface area contributed by atoms with E-state index in [0.717, 1.165) is 11.4 Å². The molecule has 0 bridgehead atoms. The number of aliphatic imine (C=N–C) groups is 1. The highest BCUT2D eigenvalue weighted by Gasteiger charge is 2.40. The topological polar surface area (TPSA) is 15.6 Å². The molecule has 0 saturated carbocycles. The van der Waals surface area contributed by atoms with E-state index in [2.05, 4.69) is 70.8 Å². The second-order valence-electron chi connectivity index (χ2n) is 5.89. The average molecular weight is 230 g/mol. The van der Waals surface area contributed by atoms with Gasteiger partial charge in [-0.05, 0) is 53.3 Å². The van der Waals surface area contributed by atoms with Crippen LogP contribution >= 0.6 is 0 Å². The first-order valence-corrected chi connectivity index (χ1v) is 6.17. The van der Waals surface area contributed by atoms with Gasteiger partial charge in [-0.25, -0.2) is 0 Å². The fraction of sp³-hybridized carbons (Fsp3) is 0.533. The quantitative estimate of drug-likeness (QED) is 0.663. The van der Waals surface area contributed by atoms with Gasteiger partial charge in [0.1, 0.15) is 0 Å². The molecule has 1 aromatic rings. The van der Waals surface area contributed by atoms with Gasteiger partial charge in [-0.15, -0.1) is 0 Å². The van der Waals surface area contributed by atoms with E-state index in [4.69, 9.17) is 4.99 Å². The van der Waals surface area contributed by atoms with E-state index in [0.29, 0.717) is 0 Å². The van der Waals surface area contributed by atoms with Gasteiger partial charge >= 0.3 is 0 Å². The third-order valence-corrected chi connectivity index (χ3v) is 4.41. The number of hydrogen-bond donors (Lipinski definition) is 0. The van der Waals surface area contributed by atoms with Gasteiger partial charge in [-0.2, -0.15) is 0 Å². The molecule has 0 spiro atoms. The SMILES string of the molecule is CC1=Nc2ccccc2C(C)(C)N(C)C1(C)C. The lowest BCUT2D eigenvalue weighted by Gasteiger charge is -2.45. The summed E-state index contributed by atoms with van der Waals surface area (Å²) in [4.78, 5) is 7.22. The molecule has 17 heavy (non-hydrogen) atoms. The van der Waals surface area contributed by atoms with E-state index in [9.17, 15) is 0 Å².